The fourth-order valence-corrected chi connectivity index (χ4v) is 3.68. The number of unbranched alkanes of at least 4 members (excludes halogenated alkanes) is 1. The summed E-state index contributed by atoms with van der Waals surface area (Å²) in [6, 6.07) is 20.0. The van der Waals surface area contributed by atoms with Gasteiger partial charge in [0.1, 0.15) is 11.4 Å². The number of para-hydroxylation sites is 2. The Labute approximate surface area is 177 Å². The van der Waals surface area contributed by atoms with Crippen molar-refractivity contribution in [3.05, 3.63) is 66.4 Å². The van der Waals surface area contributed by atoms with Crippen molar-refractivity contribution < 1.29 is 9.53 Å². The lowest BCUT2D eigenvalue weighted by molar-refractivity contribution is 0.0741. The molecule has 0 aliphatic carbocycles. The van der Waals surface area contributed by atoms with Crippen LogP contribution in [-0.2, 0) is 0 Å². The average molecular weight is 405 g/mol. The molecule has 1 aliphatic heterocycles. The molecule has 30 heavy (non-hydrogen) atoms. The van der Waals surface area contributed by atoms with Gasteiger partial charge < -0.3 is 14.5 Å². The summed E-state index contributed by atoms with van der Waals surface area (Å²) in [5.74, 6) is 0.791. The average Bonchev–Trinajstić information content (AvgIpc) is 3.30. The maximum absolute atomic E-state index is 13.0. The summed E-state index contributed by atoms with van der Waals surface area (Å²) in [5, 5.41) is 7.32. The molecular weight excluding hydrogens is 376 g/mol. The third-order valence-corrected chi connectivity index (χ3v) is 5.41. The van der Waals surface area contributed by atoms with Crippen molar-refractivity contribution in [1.29, 1.82) is 0 Å². The van der Waals surface area contributed by atoms with E-state index in [0.717, 1.165) is 42.9 Å². The number of nitrogens with one attached hydrogen (secondary N) is 1. The van der Waals surface area contributed by atoms with Crippen LogP contribution in [0.4, 0.5) is 5.69 Å². The van der Waals surface area contributed by atoms with Crippen LogP contribution in [0.15, 0.2) is 60.7 Å². The van der Waals surface area contributed by atoms with Gasteiger partial charge in [-0.2, -0.15) is 5.10 Å². The summed E-state index contributed by atoms with van der Waals surface area (Å²) in [6.07, 6.45) is 2.09. The van der Waals surface area contributed by atoms with E-state index in [1.165, 1.54) is 5.69 Å². The number of aromatic nitrogens is 2. The highest BCUT2D eigenvalue weighted by molar-refractivity contribution is 5.93. The third kappa shape index (κ3) is 4.48. The zero-order valence-electron chi connectivity index (χ0n) is 17.4. The van der Waals surface area contributed by atoms with Crippen molar-refractivity contribution in [2.45, 2.75) is 19.8 Å². The second-order valence-corrected chi connectivity index (χ2v) is 7.48. The van der Waals surface area contributed by atoms with Crippen LogP contribution >= 0.6 is 0 Å². The molecule has 2 heterocycles. The number of nitrogens with zero attached hydrogens (tertiary/aromatic N) is 3. The quantitative estimate of drug-likeness (QED) is 0.599. The normalized spacial score (nSPS) is 14.0. The first-order valence-electron chi connectivity index (χ1n) is 10.6. The first kappa shape index (κ1) is 20.0. The van der Waals surface area contributed by atoms with Crippen molar-refractivity contribution in [2.75, 3.05) is 37.7 Å². The van der Waals surface area contributed by atoms with Gasteiger partial charge in [-0.1, -0.05) is 43.7 Å². The van der Waals surface area contributed by atoms with E-state index in [1.807, 2.05) is 53.4 Å². The van der Waals surface area contributed by atoms with Crippen molar-refractivity contribution in [1.82, 2.24) is 15.1 Å². The molecular formula is C24H28N4O2. The predicted molar refractivity (Wildman–Crippen MR) is 119 cm³/mol. The number of H-pyrrole nitrogens is 1. The summed E-state index contributed by atoms with van der Waals surface area (Å²) in [7, 11) is 0. The van der Waals surface area contributed by atoms with Crippen molar-refractivity contribution in [3.63, 3.8) is 0 Å². The highest BCUT2D eigenvalue weighted by atomic mass is 16.5. The van der Waals surface area contributed by atoms with Gasteiger partial charge in [-0.15, -0.1) is 0 Å². The molecule has 0 saturated carbocycles. The minimum Gasteiger partial charge on any atom is -0.493 e. The third-order valence-electron chi connectivity index (χ3n) is 5.41. The van der Waals surface area contributed by atoms with Crippen LogP contribution in [0.3, 0.4) is 0 Å². The summed E-state index contributed by atoms with van der Waals surface area (Å²) < 4.78 is 5.92. The van der Waals surface area contributed by atoms with Gasteiger partial charge in [0, 0.05) is 37.4 Å². The van der Waals surface area contributed by atoms with Crippen LogP contribution in [0.5, 0.6) is 5.75 Å². The molecule has 2 aromatic carbocycles. The van der Waals surface area contributed by atoms with Gasteiger partial charge in [-0.25, -0.2) is 0 Å². The lowest BCUT2D eigenvalue weighted by atomic mass is 10.1. The summed E-state index contributed by atoms with van der Waals surface area (Å²) in [6.45, 7) is 5.85. The summed E-state index contributed by atoms with van der Waals surface area (Å²) in [5.41, 5.74) is 3.35. The van der Waals surface area contributed by atoms with Crippen LogP contribution in [0.1, 0.15) is 30.3 Å². The molecule has 1 saturated heterocycles. The molecule has 156 valence electrons. The molecule has 1 amide bonds. The Morgan fingerprint density at radius 2 is 1.77 bits per heavy atom. The lowest BCUT2D eigenvalue weighted by Gasteiger charge is -2.35. The number of ether oxygens (including phenoxy) is 1. The first-order valence-corrected chi connectivity index (χ1v) is 10.6. The van der Waals surface area contributed by atoms with E-state index in [2.05, 4.69) is 34.2 Å². The lowest BCUT2D eigenvalue weighted by Crippen LogP contribution is -2.48. The van der Waals surface area contributed by atoms with Crippen molar-refractivity contribution in [3.8, 4) is 17.0 Å². The Morgan fingerprint density at radius 1 is 1.03 bits per heavy atom. The first-order chi connectivity index (χ1) is 14.8. The fourth-order valence-electron chi connectivity index (χ4n) is 3.68. The van der Waals surface area contributed by atoms with Crippen LogP contribution in [0.2, 0.25) is 0 Å². The van der Waals surface area contributed by atoms with Crippen LogP contribution < -0.4 is 9.64 Å². The Hall–Kier alpha value is -3.28. The van der Waals surface area contributed by atoms with Gasteiger partial charge in [-0.05, 0) is 36.8 Å². The number of hydrogen-bond acceptors (Lipinski definition) is 4. The second kappa shape index (κ2) is 9.48. The number of benzene rings is 2. The van der Waals surface area contributed by atoms with Gasteiger partial charge in [0.25, 0.3) is 5.91 Å². The van der Waals surface area contributed by atoms with E-state index >= 15 is 0 Å². The van der Waals surface area contributed by atoms with E-state index in [-0.39, 0.29) is 5.91 Å². The largest absolute Gasteiger partial charge is 0.493 e. The zero-order valence-corrected chi connectivity index (χ0v) is 17.4. The molecule has 0 bridgehead atoms. The molecule has 1 fully saturated rings. The minimum absolute atomic E-state index is 0.00848. The summed E-state index contributed by atoms with van der Waals surface area (Å²) in [4.78, 5) is 17.2. The molecule has 6 heteroatoms. The van der Waals surface area contributed by atoms with E-state index in [1.54, 1.807) is 0 Å². The zero-order chi connectivity index (χ0) is 20.8. The van der Waals surface area contributed by atoms with Gasteiger partial charge >= 0.3 is 0 Å². The number of piperazine rings is 1. The number of carbonyl (C=O) groups excluding carboxylic acids is 1. The van der Waals surface area contributed by atoms with Crippen molar-refractivity contribution in [2.24, 2.45) is 0 Å². The number of carbonyl (C=O) groups is 1. The Kier molecular flexibility index (Phi) is 6.32. The number of hydrogen-bond donors (Lipinski definition) is 1. The molecule has 4 rings (SSSR count). The number of aromatic amines is 1. The van der Waals surface area contributed by atoms with Crippen LogP contribution in [-0.4, -0.2) is 53.8 Å². The number of amides is 1. The van der Waals surface area contributed by atoms with Gasteiger partial charge in [0.15, 0.2) is 0 Å². The highest BCUT2D eigenvalue weighted by Crippen LogP contribution is 2.29. The molecule has 1 aliphatic rings. The topological polar surface area (TPSA) is 61.5 Å². The predicted octanol–water partition coefficient (Wildman–Crippen LogP) is 4.22. The van der Waals surface area contributed by atoms with Crippen LogP contribution in [0, 0.1) is 0 Å². The Bertz CT molecular complexity index is 962. The van der Waals surface area contributed by atoms with Gasteiger partial charge in [0.2, 0.25) is 0 Å². The smallest absolute Gasteiger partial charge is 0.272 e. The molecule has 6 nitrogen and oxygen atoms in total. The van der Waals surface area contributed by atoms with Gasteiger partial charge in [-0.3, -0.25) is 9.89 Å². The van der Waals surface area contributed by atoms with Crippen LogP contribution in [0.25, 0.3) is 11.3 Å². The van der Waals surface area contributed by atoms with E-state index in [4.69, 9.17) is 4.74 Å². The SMILES string of the molecule is CCCCOc1ccccc1-c1cc(C(=O)N2CCN(c3ccccc3)CC2)[nH]n1. The molecule has 0 atom stereocenters. The molecule has 0 radical (unpaired) electrons. The monoisotopic (exact) mass is 404 g/mol. The standard InChI is InChI=1S/C24H28N4O2/c1-2-3-17-30-23-12-8-7-11-20(23)21-18-22(26-25-21)24(29)28-15-13-27(14-16-28)19-9-5-4-6-10-19/h4-12,18H,2-3,13-17H2,1H3,(H,25,26). The maximum Gasteiger partial charge on any atom is 0.272 e. The second-order valence-electron chi connectivity index (χ2n) is 7.48. The van der Waals surface area contributed by atoms with E-state index in [9.17, 15) is 4.79 Å². The molecule has 1 N–H and O–H groups in total. The molecule has 3 aromatic rings. The Morgan fingerprint density at radius 3 is 2.53 bits per heavy atom. The molecule has 0 spiro atoms. The van der Waals surface area contributed by atoms with E-state index in [0.29, 0.717) is 25.4 Å². The van der Waals surface area contributed by atoms with E-state index < -0.39 is 0 Å². The van der Waals surface area contributed by atoms with Crippen molar-refractivity contribution >= 4 is 11.6 Å². The fraction of sp³-hybridized carbons (Fsp3) is 0.333. The number of rotatable bonds is 7. The highest BCUT2D eigenvalue weighted by Gasteiger charge is 2.24. The Balaban J connectivity index is 1.42. The number of anilines is 1. The minimum atomic E-state index is -0.00848. The summed E-state index contributed by atoms with van der Waals surface area (Å²) >= 11 is 0. The van der Waals surface area contributed by atoms with Gasteiger partial charge in [0.05, 0.1) is 12.3 Å². The maximum atomic E-state index is 13.0. The molecule has 1 aromatic heterocycles. The molecule has 0 unspecified atom stereocenters.